The van der Waals surface area contributed by atoms with Crippen LogP contribution in [0.25, 0.3) is 5.82 Å². The molecule has 0 saturated heterocycles. The Kier molecular flexibility index (Phi) is 5.71. The molecule has 0 aliphatic rings. The van der Waals surface area contributed by atoms with Gasteiger partial charge < -0.3 is 10.6 Å². The number of aryl methyl sites for hydroxylation is 1. The van der Waals surface area contributed by atoms with E-state index in [1.807, 2.05) is 61.3 Å². The number of hydrogen-bond donors (Lipinski definition) is 2. The Morgan fingerprint density at radius 3 is 2.77 bits per heavy atom. The lowest BCUT2D eigenvalue weighted by Crippen LogP contribution is -2.24. The van der Waals surface area contributed by atoms with Crippen molar-refractivity contribution in [1.29, 1.82) is 0 Å². The maximum Gasteiger partial charge on any atom is 0.293 e. The van der Waals surface area contributed by atoms with Gasteiger partial charge in [-0.25, -0.2) is 10.1 Å². The standard InChI is InChI=1S/C19H19N9O2S/c1-12-8-9-14(31-12)10-21-23-19(29)16-15(11-27(2)13-6-4-3-5-7-13)28(26-22-16)18-17(20)24-30-25-18/h3-10H,11H2,1-2H3,(H2,20,24)(H,23,29). The molecule has 0 spiro atoms. The Morgan fingerprint density at radius 1 is 1.29 bits per heavy atom. The van der Waals surface area contributed by atoms with E-state index in [2.05, 4.69) is 35.8 Å². The molecule has 1 aromatic carbocycles. The number of rotatable bonds is 7. The lowest BCUT2D eigenvalue weighted by molar-refractivity contribution is 0.0949. The number of amides is 1. The molecule has 0 aliphatic carbocycles. The summed E-state index contributed by atoms with van der Waals surface area (Å²) in [5.74, 6) is -0.325. The quantitative estimate of drug-likeness (QED) is 0.330. The molecule has 3 N–H and O–H groups in total. The summed E-state index contributed by atoms with van der Waals surface area (Å²) in [5, 5.41) is 19.4. The summed E-state index contributed by atoms with van der Waals surface area (Å²) in [6, 6.07) is 13.6. The number of carbonyl (C=O) groups excluding carboxylic acids is 1. The Labute approximate surface area is 181 Å². The first kappa shape index (κ1) is 20.2. The van der Waals surface area contributed by atoms with Crippen molar-refractivity contribution in [1.82, 2.24) is 30.7 Å². The van der Waals surface area contributed by atoms with Gasteiger partial charge in [-0.1, -0.05) is 23.4 Å². The molecule has 0 aliphatic heterocycles. The van der Waals surface area contributed by atoms with Crippen LogP contribution >= 0.6 is 11.3 Å². The molecular weight excluding hydrogens is 418 g/mol. The molecule has 0 radical (unpaired) electrons. The fourth-order valence-corrected chi connectivity index (χ4v) is 3.61. The molecule has 4 aromatic rings. The fraction of sp³-hybridized carbons (Fsp3) is 0.158. The van der Waals surface area contributed by atoms with Gasteiger partial charge in [0.2, 0.25) is 11.6 Å². The Morgan fingerprint density at radius 2 is 2.10 bits per heavy atom. The van der Waals surface area contributed by atoms with Crippen LogP contribution in [-0.2, 0) is 6.54 Å². The van der Waals surface area contributed by atoms with Crippen LogP contribution in [0.1, 0.15) is 25.9 Å². The number of hydrazone groups is 1. The third-order valence-electron chi connectivity index (χ3n) is 4.38. The normalized spacial score (nSPS) is 11.2. The highest BCUT2D eigenvalue weighted by Gasteiger charge is 2.25. The van der Waals surface area contributed by atoms with Gasteiger partial charge in [0.05, 0.1) is 18.5 Å². The first-order valence-electron chi connectivity index (χ1n) is 9.22. The van der Waals surface area contributed by atoms with Crippen molar-refractivity contribution in [3.63, 3.8) is 0 Å². The zero-order chi connectivity index (χ0) is 21.8. The molecule has 158 valence electrons. The maximum atomic E-state index is 12.8. The number of nitrogens with two attached hydrogens (primary N) is 1. The number of hydrogen-bond acceptors (Lipinski definition) is 10. The summed E-state index contributed by atoms with van der Waals surface area (Å²) in [4.78, 5) is 16.8. The molecule has 0 saturated carbocycles. The molecule has 0 atom stereocenters. The number of carbonyl (C=O) groups is 1. The van der Waals surface area contributed by atoms with Gasteiger partial charge in [0.15, 0.2) is 5.69 Å². The molecular formula is C19H19N9O2S. The topological polar surface area (TPSA) is 140 Å². The molecule has 4 rings (SSSR count). The van der Waals surface area contributed by atoms with Gasteiger partial charge in [0, 0.05) is 22.5 Å². The van der Waals surface area contributed by atoms with Crippen molar-refractivity contribution in [3.8, 4) is 5.82 Å². The summed E-state index contributed by atoms with van der Waals surface area (Å²) >= 11 is 1.57. The van der Waals surface area contributed by atoms with E-state index in [1.54, 1.807) is 17.6 Å². The van der Waals surface area contributed by atoms with E-state index >= 15 is 0 Å². The minimum atomic E-state index is -0.512. The van der Waals surface area contributed by atoms with E-state index < -0.39 is 5.91 Å². The number of anilines is 2. The van der Waals surface area contributed by atoms with E-state index in [-0.39, 0.29) is 17.3 Å². The number of para-hydroxylation sites is 1. The van der Waals surface area contributed by atoms with Crippen molar-refractivity contribution in [2.45, 2.75) is 13.5 Å². The van der Waals surface area contributed by atoms with Gasteiger partial charge in [-0.2, -0.15) is 9.78 Å². The summed E-state index contributed by atoms with van der Waals surface area (Å²) in [5.41, 5.74) is 9.80. The largest absolute Gasteiger partial charge is 0.378 e. The monoisotopic (exact) mass is 437 g/mol. The molecule has 1 amide bonds. The third-order valence-corrected chi connectivity index (χ3v) is 5.31. The first-order valence-corrected chi connectivity index (χ1v) is 10.0. The zero-order valence-corrected chi connectivity index (χ0v) is 17.6. The first-order chi connectivity index (χ1) is 15.0. The molecule has 3 aromatic heterocycles. The van der Waals surface area contributed by atoms with Gasteiger partial charge in [-0.05, 0) is 41.5 Å². The van der Waals surface area contributed by atoms with Crippen LogP contribution in [0.2, 0.25) is 0 Å². The van der Waals surface area contributed by atoms with Crippen molar-refractivity contribution in [2.24, 2.45) is 5.10 Å². The predicted molar refractivity (Wildman–Crippen MR) is 116 cm³/mol. The van der Waals surface area contributed by atoms with Crippen LogP contribution in [0.4, 0.5) is 11.5 Å². The van der Waals surface area contributed by atoms with Crippen molar-refractivity contribution >= 4 is 35.0 Å². The van der Waals surface area contributed by atoms with Crippen molar-refractivity contribution in [3.05, 3.63) is 63.6 Å². The SMILES string of the molecule is Cc1ccc(C=NNC(=O)c2nnn(-c3nonc3N)c2CN(C)c2ccccc2)s1. The average Bonchev–Trinajstić information content (AvgIpc) is 3.48. The van der Waals surface area contributed by atoms with E-state index in [0.717, 1.165) is 15.4 Å². The lowest BCUT2D eigenvalue weighted by atomic mass is 10.2. The van der Waals surface area contributed by atoms with Crippen LogP contribution in [-0.4, -0.2) is 44.5 Å². The molecule has 0 bridgehead atoms. The van der Waals surface area contributed by atoms with Crippen LogP contribution in [0.5, 0.6) is 0 Å². The molecule has 31 heavy (non-hydrogen) atoms. The highest BCUT2D eigenvalue weighted by Crippen LogP contribution is 2.20. The fourth-order valence-electron chi connectivity index (χ4n) is 2.86. The predicted octanol–water partition coefficient (Wildman–Crippen LogP) is 2.00. The third kappa shape index (κ3) is 4.43. The van der Waals surface area contributed by atoms with Gasteiger partial charge >= 0.3 is 0 Å². The Bertz CT molecular complexity index is 1210. The molecule has 0 unspecified atom stereocenters. The van der Waals surface area contributed by atoms with Crippen LogP contribution in [0.15, 0.2) is 52.2 Å². The smallest absolute Gasteiger partial charge is 0.293 e. The van der Waals surface area contributed by atoms with Crippen LogP contribution < -0.4 is 16.1 Å². The Hall–Kier alpha value is -4.06. The molecule has 0 fully saturated rings. The van der Waals surface area contributed by atoms with Gasteiger partial charge in [0.25, 0.3) is 5.91 Å². The summed E-state index contributed by atoms with van der Waals surface area (Å²) in [7, 11) is 1.88. The summed E-state index contributed by atoms with van der Waals surface area (Å²) < 4.78 is 6.02. The molecule has 11 nitrogen and oxygen atoms in total. The van der Waals surface area contributed by atoms with Gasteiger partial charge in [-0.15, -0.1) is 16.4 Å². The highest BCUT2D eigenvalue weighted by atomic mass is 32.1. The van der Waals surface area contributed by atoms with Gasteiger partial charge in [0.1, 0.15) is 0 Å². The minimum absolute atomic E-state index is 0.0339. The average molecular weight is 437 g/mol. The van der Waals surface area contributed by atoms with Crippen molar-refractivity contribution in [2.75, 3.05) is 17.7 Å². The highest BCUT2D eigenvalue weighted by molar-refractivity contribution is 7.13. The zero-order valence-electron chi connectivity index (χ0n) is 16.8. The van der Waals surface area contributed by atoms with Crippen LogP contribution in [0, 0.1) is 6.92 Å². The van der Waals surface area contributed by atoms with Crippen LogP contribution in [0.3, 0.4) is 0 Å². The summed E-state index contributed by atoms with van der Waals surface area (Å²) in [6.45, 7) is 2.29. The number of nitrogens with zero attached hydrogens (tertiary/aromatic N) is 7. The Balaban J connectivity index is 1.62. The van der Waals surface area contributed by atoms with Crippen molar-refractivity contribution < 1.29 is 9.42 Å². The maximum absolute atomic E-state index is 12.8. The number of aromatic nitrogens is 5. The van der Waals surface area contributed by atoms with E-state index in [0.29, 0.717) is 12.2 Å². The number of thiophene rings is 1. The summed E-state index contributed by atoms with van der Waals surface area (Å²) in [6.07, 6.45) is 1.58. The second-order valence-corrected chi connectivity index (χ2v) is 7.93. The minimum Gasteiger partial charge on any atom is -0.378 e. The number of nitrogen functional groups attached to an aromatic ring is 1. The number of nitrogens with one attached hydrogen (secondary N) is 1. The van der Waals surface area contributed by atoms with E-state index in [1.165, 1.54) is 4.68 Å². The number of benzene rings is 1. The van der Waals surface area contributed by atoms with E-state index in [9.17, 15) is 4.79 Å². The molecule has 3 heterocycles. The van der Waals surface area contributed by atoms with Gasteiger partial charge in [-0.3, -0.25) is 4.79 Å². The lowest BCUT2D eigenvalue weighted by Gasteiger charge is -2.19. The van der Waals surface area contributed by atoms with E-state index in [4.69, 9.17) is 5.73 Å². The second kappa shape index (κ2) is 8.75. The molecule has 12 heteroatoms. The second-order valence-electron chi connectivity index (χ2n) is 6.61.